The van der Waals surface area contributed by atoms with Crippen molar-refractivity contribution in [3.63, 3.8) is 0 Å². The Labute approximate surface area is 156 Å². The molecule has 1 aromatic carbocycles. The fraction of sp³-hybridized carbons (Fsp3) is 0.143. The lowest BCUT2D eigenvalue weighted by molar-refractivity contribution is 0.814. The Morgan fingerprint density at radius 2 is 1.93 bits per heavy atom. The summed E-state index contributed by atoms with van der Waals surface area (Å²) in [5.41, 5.74) is 5.10. The van der Waals surface area contributed by atoms with E-state index in [4.69, 9.17) is 0 Å². The number of rotatable bonds is 2. The highest BCUT2D eigenvalue weighted by Crippen LogP contribution is 2.26. The third kappa shape index (κ3) is 2.66. The van der Waals surface area contributed by atoms with Gasteiger partial charge in [-0.2, -0.15) is 5.10 Å². The summed E-state index contributed by atoms with van der Waals surface area (Å²) >= 11 is 0. The number of benzene rings is 1. The Kier molecular flexibility index (Phi) is 3.50. The van der Waals surface area contributed by atoms with Gasteiger partial charge in [0.25, 0.3) is 0 Å². The predicted octanol–water partition coefficient (Wildman–Crippen LogP) is 3.80. The zero-order valence-corrected chi connectivity index (χ0v) is 15.1. The van der Waals surface area contributed by atoms with Crippen molar-refractivity contribution in [3.8, 4) is 5.82 Å². The first kappa shape index (κ1) is 15.7. The van der Waals surface area contributed by atoms with Crippen LogP contribution in [0.15, 0.2) is 59.9 Å². The molecule has 0 bridgehead atoms. The highest BCUT2D eigenvalue weighted by molar-refractivity contribution is 6.10. The number of aryl methyl sites for hydroxylation is 2. The van der Waals surface area contributed by atoms with E-state index in [2.05, 4.69) is 49.6 Å². The van der Waals surface area contributed by atoms with Gasteiger partial charge < -0.3 is 5.32 Å². The second-order valence-electron chi connectivity index (χ2n) is 6.71. The first-order valence-electron chi connectivity index (χ1n) is 8.87. The van der Waals surface area contributed by atoms with Crippen LogP contribution in [0.2, 0.25) is 0 Å². The number of hydrogen-bond donors (Lipinski definition) is 1. The van der Waals surface area contributed by atoms with Crippen LogP contribution in [0.5, 0.6) is 0 Å². The molecular weight excluding hydrogens is 336 g/mol. The predicted molar refractivity (Wildman–Crippen MR) is 106 cm³/mol. The zero-order chi connectivity index (χ0) is 18.4. The number of pyridine rings is 2. The lowest BCUT2D eigenvalue weighted by Crippen LogP contribution is -2.13. The fourth-order valence-electron chi connectivity index (χ4n) is 3.51. The summed E-state index contributed by atoms with van der Waals surface area (Å²) in [5, 5.41) is 10.1. The van der Waals surface area contributed by atoms with Gasteiger partial charge in [-0.05, 0) is 55.6 Å². The summed E-state index contributed by atoms with van der Waals surface area (Å²) < 4.78 is 1.89. The van der Waals surface area contributed by atoms with Gasteiger partial charge in [0, 0.05) is 34.7 Å². The van der Waals surface area contributed by atoms with Crippen LogP contribution in [0, 0.1) is 13.8 Å². The molecule has 0 spiro atoms. The molecule has 4 heterocycles. The van der Waals surface area contributed by atoms with Crippen molar-refractivity contribution in [1.82, 2.24) is 19.7 Å². The Bertz CT molecular complexity index is 1200. The molecule has 1 aliphatic rings. The third-order valence-electron chi connectivity index (χ3n) is 4.74. The van der Waals surface area contributed by atoms with Crippen LogP contribution >= 0.6 is 0 Å². The molecule has 3 aromatic heterocycles. The average Bonchev–Trinajstić information content (AvgIpc) is 3.24. The van der Waals surface area contributed by atoms with Gasteiger partial charge in [0.1, 0.15) is 5.69 Å². The number of nitrogens with zero attached hydrogens (tertiary/aromatic N) is 5. The van der Waals surface area contributed by atoms with E-state index >= 15 is 0 Å². The minimum absolute atomic E-state index is 0.672. The molecular formula is C21H18N6. The molecule has 0 aliphatic carbocycles. The quantitative estimate of drug-likeness (QED) is 0.594. The molecule has 4 aromatic rings. The molecule has 0 saturated carbocycles. The van der Waals surface area contributed by atoms with Crippen LogP contribution < -0.4 is 5.32 Å². The molecule has 0 saturated heterocycles. The van der Waals surface area contributed by atoms with E-state index in [9.17, 15) is 0 Å². The smallest absolute Gasteiger partial charge is 0.161 e. The summed E-state index contributed by atoms with van der Waals surface area (Å²) in [4.78, 5) is 13.6. The summed E-state index contributed by atoms with van der Waals surface area (Å²) in [6, 6.07) is 14.3. The van der Waals surface area contributed by atoms with E-state index in [1.54, 1.807) is 6.20 Å². The van der Waals surface area contributed by atoms with Crippen LogP contribution in [0.3, 0.4) is 0 Å². The minimum Gasteiger partial charge on any atom is -0.339 e. The summed E-state index contributed by atoms with van der Waals surface area (Å²) in [7, 11) is 0. The normalized spacial score (nSPS) is 12.9. The summed E-state index contributed by atoms with van der Waals surface area (Å²) in [6.45, 7) is 4.70. The standard InChI is InChI=1S/C21H18N6/c1-13-10-14(2)27(26-13)21-18-6-5-17(11-15(18)7-9-23-21)25-20-19-16(12-24-20)4-3-8-22-19/h3-11H,12H2,1-2H3,(H,24,25). The fourth-order valence-corrected chi connectivity index (χ4v) is 3.51. The van der Waals surface area contributed by atoms with Gasteiger partial charge in [-0.1, -0.05) is 6.07 Å². The molecule has 5 rings (SSSR count). The molecule has 0 amide bonds. The first-order chi connectivity index (χ1) is 13.2. The van der Waals surface area contributed by atoms with E-state index in [0.717, 1.165) is 50.8 Å². The minimum atomic E-state index is 0.672. The molecule has 6 nitrogen and oxygen atoms in total. The Hall–Kier alpha value is -3.54. The number of anilines is 1. The number of aromatic nitrogens is 4. The lowest BCUT2D eigenvalue weighted by Gasteiger charge is -2.11. The van der Waals surface area contributed by atoms with Crippen LogP contribution in [0.1, 0.15) is 22.6 Å². The molecule has 0 unspecified atom stereocenters. The van der Waals surface area contributed by atoms with E-state index in [1.807, 2.05) is 42.9 Å². The van der Waals surface area contributed by atoms with Crippen molar-refractivity contribution >= 4 is 22.3 Å². The van der Waals surface area contributed by atoms with Crippen LogP contribution in [-0.2, 0) is 6.54 Å². The first-order valence-corrected chi connectivity index (χ1v) is 8.87. The van der Waals surface area contributed by atoms with Gasteiger partial charge >= 0.3 is 0 Å². The van der Waals surface area contributed by atoms with Gasteiger partial charge in [0.2, 0.25) is 0 Å². The van der Waals surface area contributed by atoms with Gasteiger partial charge in [-0.25, -0.2) is 9.67 Å². The van der Waals surface area contributed by atoms with E-state index in [-0.39, 0.29) is 0 Å². The van der Waals surface area contributed by atoms with Gasteiger partial charge in [-0.15, -0.1) is 0 Å². The van der Waals surface area contributed by atoms with Crippen molar-refractivity contribution in [3.05, 3.63) is 77.5 Å². The molecule has 1 aliphatic heterocycles. The maximum Gasteiger partial charge on any atom is 0.161 e. The highest BCUT2D eigenvalue weighted by Gasteiger charge is 2.17. The number of fused-ring (bicyclic) bond motifs is 2. The summed E-state index contributed by atoms with van der Waals surface area (Å²) in [6.07, 6.45) is 3.62. The number of hydrogen-bond acceptors (Lipinski definition) is 5. The number of nitrogens with one attached hydrogen (secondary N) is 1. The largest absolute Gasteiger partial charge is 0.339 e. The van der Waals surface area contributed by atoms with E-state index < -0.39 is 0 Å². The van der Waals surface area contributed by atoms with Crippen LogP contribution in [0.25, 0.3) is 16.6 Å². The van der Waals surface area contributed by atoms with Crippen LogP contribution in [-0.4, -0.2) is 25.6 Å². The van der Waals surface area contributed by atoms with E-state index in [0.29, 0.717) is 6.54 Å². The number of aliphatic imine (C=N–C) groups is 1. The van der Waals surface area contributed by atoms with Crippen LogP contribution in [0.4, 0.5) is 5.69 Å². The topological polar surface area (TPSA) is 68.0 Å². The molecule has 0 atom stereocenters. The Morgan fingerprint density at radius 3 is 2.78 bits per heavy atom. The van der Waals surface area contributed by atoms with Gasteiger partial charge in [-0.3, -0.25) is 9.98 Å². The Morgan fingerprint density at radius 1 is 1.00 bits per heavy atom. The Balaban J connectivity index is 1.53. The molecule has 6 heteroatoms. The monoisotopic (exact) mass is 354 g/mol. The van der Waals surface area contributed by atoms with Gasteiger partial charge in [0.05, 0.1) is 12.2 Å². The SMILES string of the molecule is Cc1cc(C)n(-c2nccc3cc(NC4=NCc5cccnc54)ccc23)n1. The summed E-state index contributed by atoms with van der Waals surface area (Å²) in [5.74, 6) is 1.66. The second-order valence-corrected chi connectivity index (χ2v) is 6.71. The molecule has 0 radical (unpaired) electrons. The maximum absolute atomic E-state index is 4.58. The van der Waals surface area contributed by atoms with Gasteiger partial charge in [0.15, 0.2) is 11.7 Å². The number of amidine groups is 1. The molecule has 1 N–H and O–H groups in total. The lowest BCUT2D eigenvalue weighted by atomic mass is 10.1. The molecule has 0 fully saturated rings. The highest BCUT2D eigenvalue weighted by atomic mass is 15.3. The van der Waals surface area contributed by atoms with Crippen molar-refractivity contribution in [2.24, 2.45) is 4.99 Å². The van der Waals surface area contributed by atoms with Crippen molar-refractivity contribution < 1.29 is 0 Å². The third-order valence-corrected chi connectivity index (χ3v) is 4.74. The molecule has 132 valence electrons. The zero-order valence-electron chi connectivity index (χ0n) is 15.1. The molecule has 27 heavy (non-hydrogen) atoms. The van der Waals surface area contributed by atoms with Crippen molar-refractivity contribution in [2.45, 2.75) is 20.4 Å². The average molecular weight is 354 g/mol. The second kappa shape index (κ2) is 6.02. The van der Waals surface area contributed by atoms with Crippen molar-refractivity contribution in [1.29, 1.82) is 0 Å². The maximum atomic E-state index is 4.58. The van der Waals surface area contributed by atoms with E-state index in [1.165, 1.54) is 0 Å². The van der Waals surface area contributed by atoms with Crippen molar-refractivity contribution in [2.75, 3.05) is 5.32 Å².